The first-order valence-electron chi connectivity index (χ1n) is 5.18. The van der Waals surface area contributed by atoms with E-state index in [1.54, 1.807) is 6.92 Å². The first kappa shape index (κ1) is 12.2. The van der Waals surface area contributed by atoms with Crippen LogP contribution in [-0.2, 0) is 14.4 Å². The summed E-state index contributed by atoms with van der Waals surface area (Å²) in [5.74, 6) is -3.43. The fourth-order valence-electron chi connectivity index (χ4n) is 2.26. The quantitative estimate of drug-likeness (QED) is 0.725. The summed E-state index contributed by atoms with van der Waals surface area (Å²) in [4.78, 5) is 26.5. The zero-order chi connectivity index (χ0) is 12.8. The van der Waals surface area contributed by atoms with Gasteiger partial charge < -0.3 is 10.2 Å². The highest BCUT2D eigenvalue weighted by Gasteiger charge is 2.53. The van der Waals surface area contributed by atoms with Gasteiger partial charge in [-0.1, -0.05) is 6.92 Å². The minimum Gasteiger partial charge on any atom is -0.329 e. The third kappa shape index (κ3) is 1.97. The number of nitrogens with zero attached hydrogens (tertiary/aromatic N) is 1. The van der Waals surface area contributed by atoms with E-state index in [0.717, 1.165) is 0 Å². The van der Waals surface area contributed by atoms with Crippen LogP contribution in [0.25, 0.3) is 0 Å². The Morgan fingerprint density at radius 2 is 2.18 bits per heavy atom. The maximum absolute atomic E-state index is 12.0. The van der Waals surface area contributed by atoms with E-state index in [-0.39, 0.29) is 6.04 Å². The van der Waals surface area contributed by atoms with E-state index in [1.807, 2.05) is 0 Å². The van der Waals surface area contributed by atoms with Crippen LogP contribution in [0.15, 0.2) is 0 Å². The SMILES string of the molecule is C[C@@H]1C(=O)N(OC(=O)C(F)(F)F)[C@H]2CCN[C@@H]12. The first-order valence-corrected chi connectivity index (χ1v) is 5.18. The summed E-state index contributed by atoms with van der Waals surface area (Å²) < 4.78 is 36.1. The minimum atomic E-state index is -5.09. The van der Waals surface area contributed by atoms with Crippen molar-refractivity contribution in [3.63, 3.8) is 0 Å². The number of rotatable bonds is 1. The molecular weight excluding hydrogens is 241 g/mol. The van der Waals surface area contributed by atoms with Gasteiger partial charge in [0.05, 0.1) is 12.0 Å². The second kappa shape index (κ2) is 3.86. The van der Waals surface area contributed by atoms with Crippen molar-refractivity contribution in [2.24, 2.45) is 5.92 Å². The number of halogens is 3. The van der Waals surface area contributed by atoms with Crippen LogP contribution in [-0.4, -0.2) is 41.7 Å². The van der Waals surface area contributed by atoms with E-state index < -0.39 is 30.0 Å². The zero-order valence-corrected chi connectivity index (χ0v) is 8.95. The Balaban J connectivity index is 2.11. The van der Waals surface area contributed by atoms with Crippen LogP contribution >= 0.6 is 0 Å². The predicted octanol–water partition coefficient (Wildman–Crippen LogP) is 0.216. The zero-order valence-electron chi connectivity index (χ0n) is 8.95. The van der Waals surface area contributed by atoms with Crippen LogP contribution in [0.5, 0.6) is 0 Å². The number of fused-ring (bicyclic) bond motifs is 1. The van der Waals surface area contributed by atoms with Gasteiger partial charge in [0.2, 0.25) is 0 Å². The van der Waals surface area contributed by atoms with Crippen LogP contribution < -0.4 is 5.32 Å². The topological polar surface area (TPSA) is 58.6 Å². The molecule has 8 heteroatoms. The van der Waals surface area contributed by atoms with Crippen molar-refractivity contribution in [3.05, 3.63) is 0 Å². The Labute approximate surface area is 94.8 Å². The van der Waals surface area contributed by atoms with Crippen molar-refractivity contribution in [3.8, 4) is 0 Å². The van der Waals surface area contributed by atoms with Gasteiger partial charge in [0, 0.05) is 6.04 Å². The summed E-state index contributed by atoms with van der Waals surface area (Å²) in [7, 11) is 0. The summed E-state index contributed by atoms with van der Waals surface area (Å²) in [6, 6.07) is -0.743. The standard InChI is InChI=1S/C9H11F3N2O3/c1-4-6-5(2-3-13-6)14(7(4)15)17-8(16)9(10,11)12/h4-6,13H,2-3H2,1H3/t4-,5-,6-/m0/s1. The van der Waals surface area contributed by atoms with E-state index >= 15 is 0 Å². The van der Waals surface area contributed by atoms with Gasteiger partial charge in [-0.3, -0.25) is 4.79 Å². The van der Waals surface area contributed by atoms with E-state index in [0.29, 0.717) is 18.0 Å². The van der Waals surface area contributed by atoms with Crippen molar-refractivity contribution in [2.45, 2.75) is 31.6 Å². The molecule has 0 saturated carbocycles. The summed E-state index contributed by atoms with van der Waals surface area (Å²) in [6.45, 7) is 2.19. The Bertz CT molecular complexity index is 358. The maximum atomic E-state index is 12.0. The van der Waals surface area contributed by atoms with E-state index in [1.165, 1.54) is 0 Å². The molecule has 1 amide bonds. The van der Waals surface area contributed by atoms with Gasteiger partial charge in [-0.2, -0.15) is 18.2 Å². The Kier molecular flexibility index (Phi) is 2.76. The van der Waals surface area contributed by atoms with Crippen molar-refractivity contribution in [2.75, 3.05) is 6.54 Å². The second-order valence-corrected chi connectivity index (χ2v) is 4.17. The number of hydrogen-bond acceptors (Lipinski definition) is 4. The van der Waals surface area contributed by atoms with Gasteiger partial charge in [0.1, 0.15) is 0 Å². The summed E-state index contributed by atoms with van der Waals surface area (Å²) in [5, 5.41) is 3.58. The Morgan fingerprint density at radius 1 is 1.53 bits per heavy atom. The molecule has 2 aliphatic heterocycles. The average Bonchev–Trinajstić information content (AvgIpc) is 2.76. The second-order valence-electron chi connectivity index (χ2n) is 4.17. The van der Waals surface area contributed by atoms with Crippen molar-refractivity contribution < 1.29 is 27.6 Å². The maximum Gasteiger partial charge on any atom is 0.493 e. The fraction of sp³-hybridized carbons (Fsp3) is 0.778. The van der Waals surface area contributed by atoms with Gasteiger partial charge in [0.15, 0.2) is 0 Å². The van der Waals surface area contributed by atoms with Crippen LogP contribution in [0, 0.1) is 5.92 Å². The molecule has 0 aromatic carbocycles. The molecule has 2 fully saturated rings. The third-order valence-corrected chi connectivity index (χ3v) is 3.09. The number of carbonyl (C=O) groups excluding carboxylic acids is 2. The number of carbonyl (C=O) groups is 2. The molecule has 0 aromatic rings. The summed E-state index contributed by atoms with van der Waals surface area (Å²) in [5.41, 5.74) is 0. The minimum absolute atomic E-state index is 0.247. The molecule has 0 bridgehead atoms. The highest BCUT2D eigenvalue weighted by Crippen LogP contribution is 2.32. The fourth-order valence-corrected chi connectivity index (χ4v) is 2.26. The molecule has 0 radical (unpaired) electrons. The summed E-state index contributed by atoms with van der Waals surface area (Å²) in [6.07, 6.45) is -4.61. The predicted molar refractivity (Wildman–Crippen MR) is 48.4 cm³/mol. The number of amides is 1. The lowest BCUT2D eigenvalue weighted by atomic mass is 10.0. The van der Waals surface area contributed by atoms with E-state index in [2.05, 4.69) is 10.2 Å². The average molecular weight is 252 g/mol. The third-order valence-electron chi connectivity index (χ3n) is 3.09. The lowest BCUT2D eigenvalue weighted by Gasteiger charge is -2.21. The molecule has 2 heterocycles. The van der Waals surface area contributed by atoms with Gasteiger partial charge in [-0.25, -0.2) is 4.79 Å². The van der Waals surface area contributed by atoms with Crippen LogP contribution in [0.2, 0.25) is 0 Å². The molecular formula is C9H11F3N2O3. The van der Waals surface area contributed by atoms with Gasteiger partial charge in [-0.05, 0) is 13.0 Å². The van der Waals surface area contributed by atoms with Gasteiger partial charge in [-0.15, -0.1) is 0 Å². The highest BCUT2D eigenvalue weighted by atomic mass is 19.4. The number of hydroxylamine groups is 2. The molecule has 0 aromatic heterocycles. The molecule has 3 atom stereocenters. The highest BCUT2D eigenvalue weighted by molar-refractivity contribution is 5.84. The first-order chi connectivity index (χ1) is 7.82. The molecule has 2 rings (SSSR count). The molecule has 2 aliphatic rings. The van der Waals surface area contributed by atoms with Gasteiger partial charge in [0.25, 0.3) is 5.91 Å². The normalized spacial score (nSPS) is 32.8. The number of nitrogens with one attached hydrogen (secondary N) is 1. The largest absolute Gasteiger partial charge is 0.493 e. The van der Waals surface area contributed by atoms with Crippen LogP contribution in [0.3, 0.4) is 0 Å². The van der Waals surface area contributed by atoms with E-state index in [4.69, 9.17) is 0 Å². The van der Waals surface area contributed by atoms with E-state index in [9.17, 15) is 22.8 Å². The van der Waals surface area contributed by atoms with Crippen molar-refractivity contribution in [1.29, 1.82) is 0 Å². The summed E-state index contributed by atoms with van der Waals surface area (Å²) >= 11 is 0. The van der Waals surface area contributed by atoms with Crippen molar-refractivity contribution in [1.82, 2.24) is 10.4 Å². The lowest BCUT2D eigenvalue weighted by molar-refractivity contribution is -0.239. The Morgan fingerprint density at radius 3 is 2.76 bits per heavy atom. The number of hydrogen-bond donors (Lipinski definition) is 1. The lowest BCUT2D eigenvalue weighted by Crippen LogP contribution is -2.41. The van der Waals surface area contributed by atoms with Gasteiger partial charge >= 0.3 is 12.1 Å². The monoisotopic (exact) mass is 252 g/mol. The molecule has 1 N–H and O–H groups in total. The molecule has 5 nitrogen and oxygen atoms in total. The smallest absolute Gasteiger partial charge is 0.329 e. The van der Waals surface area contributed by atoms with Crippen LogP contribution in [0.4, 0.5) is 13.2 Å². The molecule has 0 aliphatic carbocycles. The molecule has 96 valence electrons. The van der Waals surface area contributed by atoms with Crippen LogP contribution in [0.1, 0.15) is 13.3 Å². The molecule has 0 spiro atoms. The Hall–Kier alpha value is -1.31. The van der Waals surface area contributed by atoms with Crippen molar-refractivity contribution >= 4 is 11.9 Å². The molecule has 2 saturated heterocycles. The molecule has 17 heavy (non-hydrogen) atoms. The number of alkyl halides is 3. The molecule has 0 unspecified atom stereocenters.